The molecule has 70 valence electrons. The number of allylic oxidation sites excluding steroid dienone is 2. The van der Waals surface area contributed by atoms with E-state index in [1.54, 1.807) is 5.57 Å². The van der Waals surface area contributed by atoms with Crippen LogP contribution in [0.1, 0.15) is 45.4 Å². The van der Waals surface area contributed by atoms with Gasteiger partial charge in [-0.25, -0.2) is 0 Å². The van der Waals surface area contributed by atoms with Gasteiger partial charge in [0.25, 0.3) is 0 Å². The third kappa shape index (κ3) is 2.63. The number of hydrogen-bond donors (Lipinski definition) is 1. The largest absolute Gasteiger partial charge is 0.396 e. The van der Waals surface area contributed by atoms with E-state index in [2.05, 4.69) is 13.0 Å². The molecule has 0 fully saturated rings. The highest BCUT2D eigenvalue weighted by Gasteiger charge is 2.16. The molecule has 1 rings (SSSR count). The molecule has 1 heteroatoms. The van der Waals surface area contributed by atoms with Crippen molar-refractivity contribution in [1.29, 1.82) is 0 Å². The summed E-state index contributed by atoms with van der Waals surface area (Å²) in [6.45, 7) is 2.58. The average molecular weight is 168 g/mol. The third-order valence-electron chi connectivity index (χ3n) is 2.75. The molecular formula is C11H20O. The molecule has 0 saturated heterocycles. The maximum atomic E-state index is 8.88. The van der Waals surface area contributed by atoms with Crippen LogP contribution in [0.2, 0.25) is 0 Å². The Morgan fingerprint density at radius 1 is 1.50 bits per heavy atom. The van der Waals surface area contributed by atoms with Crippen LogP contribution in [0.3, 0.4) is 0 Å². The zero-order valence-electron chi connectivity index (χ0n) is 8.05. The van der Waals surface area contributed by atoms with Crippen LogP contribution >= 0.6 is 0 Å². The molecule has 0 aromatic rings. The van der Waals surface area contributed by atoms with E-state index in [-0.39, 0.29) is 0 Å². The summed E-state index contributed by atoms with van der Waals surface area (Å²) < 4.78 is 0. The van der Waals surface area contributed by atoms with Crippen molar-refractivity contribution in [2.24, 2.45) is 5.92 Å². The van der Waals surface area contributed by atoms with Gasteiger partial charge in [-0.05, 0) is 31.6 Å². The molecule has 1 aliphatic rings. The summed E-state index contributed by atoms with van der Waals surface area (Å²) in [6, 6.07) is 0. The third-order valence-corrected chi connectivity index (χ3v) is 2.75. The molecule has 0 amide bonds. The molecular weight excluding hydrogens is 148 g/mol. The maximum absolute atomic E-state index is 8.88. The van der Waals surface area contributed by atoms with Gasteiger partial charge in [-0.1, -0.05) is 31.4 Å². The van der Waals surface area contributed by atoms with Gasteiger partial charge in [-0.2, -0.15) is 0 Å². The first-order valence-corrected chi connectivity index (χ1v) is 5.18. The minimum atomic E-state index is 0.353. The van der Waals surface area contributed by atoms with E-state index < -0.39 is 0 Å². The number of hydrogen-bond acceptors (Lipinski definition) is 1. The van der Waals surface area contributed by atoms with E-state index in [1.807, 2.05) is 0 Å². The van der Waals surface area contributed by atoms with Crippen LogP contribution in [-0.2, 0) is 0 Å². The van der Waals surface area contributed by atoms with E-state index in [9.17, 15) is 0 Å². The van der Waals surface area contributed by atoms with Crippen molar-refractivity contribution in [3.8, 4) is 0 Å². The molecule has 0 aromatic heterocycles. The standard InChI is InChI=1S/C11H20O/c1-2-3-5-11(8-9-12)10-6-4-7-10/h6,11-12H,2-5,7-9H2,1H3. The van der Waals surface area contributed by atoms with E-state index in [1.165, 1.54) is 32.1 Å². The van der Waals surface area contributed by atoms with Crippen molar-refractivity contribution in [3.05, 3.63) is 11.6 Å². The Morgan fingerprint density at radius 3 is 2.67 bits per heavy atom. The molecule has 12 heavy (non-hydrogen) atoms. The van der Waals surface area contributed by atoms with Crippen molar-refractivity contribution in [2.75, 3.05) is 6.61 Å². The Kier molecular flexibility index (Phi) is 4.37. The lowest BCUT2D eigenvalue weighted by atomic mass is 9.82. The molecule has 1 nitrogen and oxygen atoms in total. The molecule has 1 unspecified atom stereocenters. The van der Waals surface area contributed by atoms with Crippen LogP contribution in [0.15, 0.2) is 11.6 Å². The minimum absolute atomic E-state index is 0.353. The fraction of sp³-hybridized carbons (Fsp3) is 0.818. The highest BCUT2D eigenvalue weighted by molar-refractivity contribution is 5.15. The topological polar surface area (TPSA) is 20.2 Å². The van der Waals surface area contributed by atoms with Crippen LogP contribution in [0.25, 0.3) is 0 Å². The quantitative estimate of drug-likeness (QED) is 0.605. The SMILES string of the molecule is CCCCC(CCO)C1=CCC1. The van der Waals surface area contributed by atoms with Gasteiger partial charge in [0.1, 0.15) is 0 Å². The van der Waals surface area contributed by atoms with Gasteiger partial charge in [-0.15, -0.1) is 0 Å². The predicted octanol–water partition coefficient (Wildman–Crippen LogP) is 2.90. The fourth-order valence-corrected chi connectivity index (χ4v) is 1.80. The second-order valence-electron chi connectivity index (χ2n) is 3.67. The van der Waals surface area contributed by atoms with Crippen LogP contribution in [-0.4, -0.2) is 11.7 Å². The minimum Gasteiger partial charge on any atom is -0.396 e. The van der Waals surface area contributed by atoms with E-state index in [0.717, 1.165) is 6.42 Å². The Balaban J connectivity index is 2.27. The van der Waals surface area contributed by atoms with Gasteiger partial charge in [0, 0.05) is 6.61 Å². The lowest BCUT2D eigenvalue weighted by Gasteiger charge is -2.24. The van der Waals surface area contributed by atoms with Crippen molar-refractivity contribution < 1.29 is 5.11 Å². The van der Waals surface area contributed by atoms with E-state index in [4.69, 9.17) is 5.11 Å². The van der Waals surface area contributed by atoms with Gasteiger partial charge in [0.15, 0.2) is 0 Å². The average Bonchev–Trinajstić information content (AvgIpc) is 1.97. The molecule has 0 bridgehead atoms. The smallest absolute Gasteiger partial charge is 0.0436 e. The van der Waals surface area contributed by atoms with E-state index >= 15 is 0 Å². The van der Waals surface area contributed by atoms with Crippen molar-refractivity contribution in [3.63, 3.8) is 0 Å². The zero-order chi connectivity index (χ0) is 8.81. The first kappa shape index (κ1) is 9.79. The maximum Gasteiger partial charge on any atom is 0.0436 e. The first-order chi connectivity index (χ1) is 5.88. The van der Waals surface area contributed by atoms with Crippen LogP contribution in [0, 0.1) is 5.92 Å². The molecule has 0 radical (unpaired) electrons. The van der Waals surface area contributed by atoms with Gasteiger partial charge in [-0.3, -0.25) is 0 Å². The summed E-state index contributed by atoms with van der Waals surface area (Å²) >= 11 is 0. The number of aliphatic hydroxyl groups excluding tert-OH is 1. The first-order valence-electron chi connectivity index (χ1n) is 5.18. The summed E-state index contributed by atoms with van der Waals surface area (Å²) in [7, 11) is 0. The molecule has 0 aromatic carbocycles. The number of unbranched alkanes of at least 4 members (excludes halogenated alkanes) is 1. The monoisotopic (exact) mass is 168 g/mol. The zero-order valence-corrected chi connectivity index (χ0v) is 8.05. The van der Waals surface area contributed by atoms with Crippen molar-refractivity contribution >= 4 is 0 Å². The Hall–Kier alpha value is -0.300. The van der Waals surface area contributed by atoms with Gasteiger partial charge < -0.3 is 5.11 Å². The van der Waals surface area contributed by atoms with Gasteiger partial charge in [0.2, 0.25) is 0 Å². The second-order valence-corrected chi connectivity index (χ2v) is 3.67. The Labute approximate surface area is 75.5 Å². The molecule has 0 saturated carbocycles. The Bertz CT molecular complexity index is 149. The van der Waals surface area contributed by atoms with Crippen LogP contribution < -0.4 is 0 Å². The van der Waals surface area contributed by atoms with Crippen molar-refractivity contribution in [1.82, 2.24) is 0 Å². The Morgan fingerprint density at radius 2 is 2.25 bits per heavy atom. The summed E-state index contributed by atoms with van der Waals surface area (Å²) in [4.78, 5) is 0. The van der Waals surface area contributed by atoms with Crippen LogP contribution in [0.5, 0.6) is 0 Å². The van der Waals surface area contributed by atoms with Gasteiger partial charge in [0.05, 0.1) is 0 Å². The summed E-state index contributed by atoms with van der Waals surface area (Å²) in [5, 5.41) is 8.88. The summed E-state index contributed by atoms with van der Waals surface area (Å²) in [6.07, 6.45) is 9.74. The highest BCUT2D eigenvalue weighted by Crippen LogP contribution is 2.31. The molecule has 1 N–H and O–H groups in total. The summed E-state index contributed by atoms with van der Waals surface area (Å²) in [5.74, 6) is 0.698. The molecule has 0 spiro atoms. The van der Waals surface area contributed by atoms with E-state index in [0.29, 0.717) is 12.5 Å². The molecule has 1 aliphatic carbocycles. The van der Waals surface area contributed by atoms with Gasteiger partial charge >= 0.3 is 0 Å². The fourth-order valence-electron chi connectivity index (χ4n) is 1.80. The lowest BCUT2D eigenvalue weighted by Crippen LogP contribution is -2.11. The van der Waals surface area contributed by atoms with Crippen LogP contribution in [0.4, 0.5) is 0 Å². The molecule has 1 atom stereocenters. The molecule has 0 aliphatic heterocycles. The highest BCUT2D eigenvalue weighted by atomic mass is 16.3. The second kappa shape index (κ2) is 5.36. The number of rotatable bonds is 6. The normalized spacial score (nSPS) is 18.3. The van der Waals surface area contributed by atoms with Crippen molar-refractivity contribution in [2.45, 2.75) is 45.4 Å². The molecule has 0 heterocycles. The number of aliphatic hydroxyl groups is 1. The summed E-state index contributed by atoms with van der Waals surface area (Å²) in [5.41, 5.74) is 1.61. The predicted molar refractivity (Wildman–Crippen MR) is 52.0 cm³/mol. The lowest BCUT2D eigenvalue weighted by molar-refractivity contribution is 0.258.